The summed E-state index contributed by atoms with van der Waals surface area (Å²) in [6, 6.07) is 0. The fourth-order valence-electron chi connectivity index (χ4n) is 1.93. The summed E-state index contributed by atoms with van der Waals surface area (Å²) < 4.78 is 0. The molecular weight excluding hydrogens is 176 g/mol. The second-order valence-electron chi connectivity index (χ2n) is 4.47. The van der Waals surface area contributed by atoms with Gasteiger partial charge >= 0.3 is 0 Å². The van der Waals surface area contributed by atoms with Crippen LogP contribution < -0.4 is 5.32 Å². The summed E-state index contributed by atoms with van der Waals surface area (Å²) in [4.78, 5) is 14.2. The van der Waals surface area contributed by atoms with Crippen LogP contribution in [0, 0.1) is 0 Å². The molecule has 0 aromatic carbocycles. The van der Waals surface area contributed by atoms with Gasteiger partial charge in [0.1, 0.15) is 0 Å². The number of nitrogens with zero attached hydrogens (tertiary/aromatic N) is 1. The van der Waals surface area contributed by atoms with Gasteiger partial charge in [0, 0.05) is 32.6 Å². The summed E-state index contributed by atoms with van der Waals surface area (Å²) in [5.74, 6) is 0.377. The molecule has 0 radical (unpaired) electrons. The molecule has 0 aliphatic carbocycles. The van der Waals surface area contributed by atoms with Crippen LogP contribution in [0.15, 0.2) is 0 Å². The molecule has 0 aromatic rings. The number of carbonyl (C=O) groups is 1. The SMILES string of the molecule is CCCC(=O)C(C)(C)N1CCNCC1. The zero-order valence-electron chi connectivity index (χ0n) is 9.60. The minimum atomic E-state index is -0.266. The lowest BCUT2D eigenvalue weighted by molar-refractivity contribution is -0.129. The summed E-state index contributed by atoms with van der Waals surface area (Å²) in [6.45, 7) is 10.1. The van der Waals surface area contributed by atoms with E-state index in [1.54, 1.807) is 0 Å². The standard InChI is InChI=1S/C11H22N2O/c1-4-5-10(14)11(2,3)13-8-6-12-7-9-13/h12H,4-9H2,1-3H3. The fraction of sp³-hybridized carbons (Fsp3) is 0.909. The smallest absolute Gasteiger partial charge is 0.152 e. The molecule has 3 heteroatoms. The first-order chi connectivity index (χ1) is 6.59. The third kappa shape index (κ3) is 2.55. The number of ketones is 1. The lowest BCUT2D eigenvalue weighted by Crippen LogP contribution is -2.56. The van der Waals surface area contributed by atoms with E-state index in [4.69, 9.17) is 0 Å². The van der Waals surface area contributed by atoms with Crippen molar-refractivity contribution >= 4 is 5.78 Å². The minimum Gasteiger partial charge on any atom is -0.314 e. The van der Waals surface area contributed by atoms with Crippen LogP contribution in [0.1, 0.15) is 33.6 Å². The van der Waals surface area contributed by atoms with Crippen molar-refractivity contribution in [1.82, 2.24) is 10.2 Å². The zero-order valence-corrected chi connectivity index (χ0v) is 9.60. The van der Waals surface area contributed by atoms with E-state index in [0.717, 1.165) is 32.6 Å². The molecule has 1 saturated heterocycles. The number of nitrogens with one attached hydrogen (secondary N) is 1. The monoisotopic (exact) mass is 198 g/mol. The lowest BCUT2D eigenvalue weighted by Gasteiger charge is -2.40. The van der Waals surface area contributed by atoms with E-state index in [9.17, 15) is 4.79 Å². The van der Waals surface area contributed by atoms with Crippen molar-refractivity contribution in [2.75, 3.05) is 26.2 Å². The Morgan fingerprint density at radius 3 is 2.43 bits per heavy atom. The average molecular weight is 198 g/mol. The normalized spacial score (nSPS) is 19.6. The molecule has 0 bridgehead atoms. The van der Waals surface area contributed by atoms with Gasteiger partial charge in [0.15, 0.2) is 5.78 Å². The molecule has 1 fully saturated rings. The van der Waals surface area contributed by atoms with Crippen LogP contribution in [0.4, 0.5) is 0 Å². The first-order valence-corrected chi connectivity index (χ1v) is 5.58. The minimum absolute atomic E-state index is 0.266. The second-order valence-corrected chi connectivity index (χ2v) is 4.47. The molecule has 0 aromatic heterocycles. The van der Waals surface area contributed by atoms with E-state index >= 15 is 0 Å². The Morgan fingerprint density at radius 1 is 1.36 bits per heavy atom. The molecule has 1 aliphatic rings. The summed E-state index contributed by atoms with van der Waals surface area (Å²) in [7, 11) is 0. The topological polar surface area (TPSA) is 32.3 Å². The Morgan fingerprint density at radius 2 is 1.93 bits per heavy atom. The number of hydrogen-bond donors (Lipinski definition) is 1. The number of Topliss-reactive ketones (excluding diaryl/α,β-unsaturated/α-hetero) is 1. The van der Waals surface area contributed by atoms with Gasteiger partial charge in [0.05, 0.1) is 5.54 Å². The van der Waals surface area contributed by atoms with Gasteiger partial charge in [-0.3, -0.25) is 9.69 Å². The third-order valence-corrected chi connectivity index (χ3v) is 3.07. The number of piperazine rings is 1. The highest BCUT2D eigenvalue weighted by molar-refractivity contribution is 5.87. The Labute approximate surface area is 86.9 Å². The highest BCUT2D eigenvalue weighted by Crippen LogP contribution is 2.18. The van der Waals surface area contributed by atoms with Crippen molar-refractivity contribution < 1.29 is 4.79 Å². The van der Waals surface area contributed by atoms with Gasteiger partial charge in [-0.05, 0) is 20.3 Å². The second kappa shape index (κ2) is 4.89. The van der Waals surface area contributed by atoms with Crippen LogP contribution in [-0.2, 0) is 4.79 Å². The average Bonchev–Trinajstić information content (AvgIpc) is 2.19. The molecule has 0 atom stereocenters. The Kier molecular flexibility index (Phi) is 4.08. The lowest BCUT2D eigenvalue weighted by atomic mass is 9.93. The first kappa shape index (κ1) is 11.7. The van der Waals surface area contributed by atoms with E-state index in [0.29, 0.717) is 12.2 Å². The van der Waals surface area contributed by atoms with Crippen LogP contribution in [0.25, 0.3) is 0 Å². The maximum Gasteiger partial charge on any atom is 0.152 e. The Hall–Kier alpha value is -0.410. The highest BCUT2D eigenvalue weighted by atomic mass is 16.1. The molecule has 14 heavy (non-hydrogen) atoms. The summed E-state index contributed by atoms with van der Waals surface area (Å²) in [6.07, 6.45) is 1.66. The molecule has 82 valence electrons. The van der Waals surface area contributed by atoms with Gasteiger partial charge in [0.2, 0.25) is 0 Å². The predicted octanol–water partition coefficient (Wildman–Crippen LogP) is 1.04. The van der Waals surface area contributed by atoms with Crippen molar-refractivity contribution in [2.45, 2.75) is 39.2 Å². The highest BCUT2D eigenvalue weighted by Gasteiger charge is 2.33. The molecule has 1 N–H and O–H groups in total. The van der Waals surface area contributed by atoms with E-state index in [-0.39, 0.29) is 5.54 Å². The molecule has 0 unspecified atom stereocenters. The van der Waals surface area contributed by atoms with E-state index in [2.05, 4.69) is 31.0 Å². The van der Waals surface area contributed by atoms with Crippen molar-refractivity contribution in [1.29, 1.82) is 0 Å². The van der Waals surface area contributed by atoms with Crippen molar-refractivity contribution in [3.05, 3.63) is 0 Å². The van der Waals surface area contributed by atoms with E-state index in [1.165, 1.54) is 0 Å². The van der Waals surface area contributed by atoms with Gasteiger partial charge in [0.25, 0.3) is 0 Å². The van der Waals surface area contributed by atoms with Gasteiger partial charge in [-0.2, -0.15) is 0 Å². The Balaban J connectivity index is 2.57. The molecule has 0 amide bonds. The van der Waals surface area contributed by atoms with Crippen LogP contribution in [0.2, 0.25) is 0 Å². The van der Waals surface area contributed by atoms with Crippen LogP contribution >= 0.6 is 0 Å². The summed E-state index contributed by atoms with van der Waals surface area (Å²) >= 11 is 0. The maximum atomic E-state index is 11.9. The largest absolute Gasteiger partial charge is 0.314 e. The molecule has 0 saturated carbocycles. The van der Waals surface area contributed by atoms with Crippen LogP contribution in [0.3, 0.4) is 0 Å². The summed E-state index contributed by atoms with van der Waals surface area (Å²) in [5.41, 5.74) is -0.266. The maximum absolute atomic E-state index is 11.9. The number of carbonyl (C=O) groups excluding carboxylic acids is 1. The molecule has 1 rings (SSSR count). The molecule has 1 aliphatic heterocycles. The van der Waals surface area contributed by atoms with Crippen molar-refractivity contribution in [3.63, 3.8) is 0 Å². The van der Waals surface area contributed by atoms with Gasteiger partial charge < -0.3 is 5.32 Å². The van der Waals surface area contributed by atoms with E-state index < -0.39 is 0 Å². The Bertz CT molecular complexity index is 195. The van der Waals surface area contributed by atoms with Crippen molar-refractivity contribution in [2.24, 2.45) is 0 Å². The van der Waals surface area contributed by atoms with Gasteiger partial charge in [-0.15, -0.1) is 0 Å². The molecule has 0 spiro atoms. The zero-order chi connectivity index (χ0) is 10.6. The van der Waals surface area contributed by atoms with Crippen molar-refractivity contribution in [3.8, 4) is 0 Å². The molecular formula is C11H22N2O. The number of hydrogen-bond acceptors (Lipinski definition) is 3. The summed E-state index contributed by atoms with van der Waals surface area (Å²) in [5, 5.41) is 3.30. The van der Waals surface area contributed by atoms with Gasteiger partial charge in [-0.25, -0.2) is 0 Å². The third-order valence-electron chi connectivity index (χ3n) is 3.07. The molecule has 1 heterocycles. The molecule has 3 nitrogen and oxygen atoms in total. The van der Waals surface area contributed by atoms with Crippen LogP contribution in [0.5, 0.6) is 0 Å². The van der Waals surface area contributed by atoms with E-state index in [1.807, 2.05) is 0 Å². The first-order valence-electron chi connectivity index (χ1n) is 5.58. The predicted molar refractivity (Wildman–Crippen MR) is 58.4 cm³/mol. The van der Waals surface area contributed by atoms with Gasteiger partial charge in [-0.1, -0.05) is 6.92 Å². The van der Waals surface area contributed by atoms with Crippen LogP contribution in [-0.4, -0.2) is 42.4 Å². The quantitative estimate of drug-likeness (QED) is 0.732. The fourth-order valence-corrected chi connectivity index (χ4v) is 1.93. The number of rotatable bonds is 4.